The van der Waals surface area contributed by atoms with E-state index in [1.807, 2.05) is 0 Å². The predicted octanol–water partition coefficient (Wildman–Crippen LogP) is 1.19. The second kappa shape index (κ2) is 4.94. The number of ether oxygens (including phenoxy) is 1. The normalized spacial score (nSPS) is 23.2. The number of carbonyl (C=O) groups is 1. The Morgan fingerprint density at radius 3 is 2.89 bits per heavy atom. The third-order valence-corrected chi connectivity index (χ3v) is 2.99. The van der Waals surface area contributed by atoms with Crippen molar-refractivity contribution >= 4 is 5.91 Å². The van der Waals surface area contributed by atoms with Gasteiger partial charge < -0.3 is 14.7 Å². The molecule has 4 nitrogen and oxygen atoms in total. The lowest BCUT2D eigenvalue weighted by molar-refractivity contribution is -0.133. The summed E-state index contributed by atoms with van der Waals surface area (Å²) >= 11 is 0. The topological polar surface area (TPSA) is 49.8 Å². The molecule has 18 heavy (non-hydrogen) atoms. The number of benzene rings is 1. The molecule has 98 valence electrons. The highest BCUT2D eigenvalue weighted by Gasteiger charge is 2.33. The highest BCUT2D eigenvalue weighted by atomic mass is 19.1. The van der Waals surface area contributed by atoms with E-state index in [0.717, 1.165) is 0 Å². The number of hydrogen-bond acceptors (Lipinski definition) is 3. The number of halogens is 1. The van der Waals surface area contributed by atoms with Crippen molar-refractivity contribution < 1.29 is 19.0 Å². The minimum Gasteiger partial charge on any atom is -0.481 e. The molecule has 0 saturated carbocycles. The molecule has 1 N–H and O–H groups in total. The summed E-state index contributed by atoms with van der Waals surface area (Å²) in [7, 11) is 0. The van der Waals surface area contributed by atoms with E-state index in [4.69, 9.17) is 4.74 Å². The SMILES string of the molecule is CC1(O)CCN(C(=O)COc2ccccc2F)C1. The van der Waals surface area contributed by atoms with Crippen LogP contribution >= 0.6 is 0 Å². The molecule has 1 aliphatic heterocycles. The maximum absolute atomic E-state index is 13.3. The van der Waals surface area contributed by atoms with E-state index in [1.165, 1.54) is 17.0 Å². The van der Waals surface area contributed by atoms with Gasteiger partial charge in [0.1, 0.15) is 0 Å². The fourth-order valence-electron chi connectivity index (χ4n) is 1.95. The first kappa shape index (κ1) is 12.8. The van der Waals surface area contributed by atoms with Crippen LogP contribution in [-0.4, -0.2) is 41.2 Å². The summed E-state index contributed by atoms with van der Waals surface area (Å²) in [6.07, 6.45) is 0.554. The van der Waals surface area contributed by atoms with Gasteiger partial charge in [0.25, 0.3) is 5.91 Å². The van der Waals surface area contributed by atoms with E-state index in [1.54, 1.807) is 19.1 Å². The average molecular weight is 253 g/mol. The summed E-state index contributed by atoms with van der Waals surface area (Å²) in [5, 5.41) is 9.75. The van der Waals surface area contributed by atoms with Gasteiger partial charge in [0.05, 0.1) is 5.60 Å². The van der Waals surface area contributed by atoms with Crippen LogP contribution < -0.4 is 4.74 Å². The Kier molecular flexibility index (Phi) is 3.52. The summed E-state index contributed by atoms with van der Waals surface area (Å²) in [4.78, 5) is 13.3. The summed E-state index contributed by atoms with van der Waals surface area (Å²) in [6, 6.07) is 5.95. The fourth-order valence-corrected chi connectivity index (χ4v) is 1.95. The van der Waals surface area contributed by atoms with Crippen LogP contribution in [0.4, 0.5) is 4.39 Å². The predicted molar refractivity (Wildman–Crippen MR) is 63.7 cm³/mol. The van der Waals surface area contributed by atoms with Crippen LogP contribution in [0.15, 0.2) is 24.3 Å². The Balaban J connectivity index is 1.88. The Hall–Kier alpha value is -1.62. The van der Waals surface area contributed by atoms with Crippen molar-refractivity contribution in [2.24, 2.45) is 0 Å². The average Bonchev–Trinajstić information content (AvgIpc) is 2.68. The number of hydrogen-bond donors (Lipinski definition) is 1. The molecular weight excluding hydrogens is 237 g/mol. The summed E-state index contributed by atoms with van der Waals surface area (Å²) in [6.45, 7) is 2.29. The van der Waals surface area contributed by atoms with Gasteiger partial charge in [0.2, 0.25) is 0 Å². The molecule has 0 radical (unpaired) electrons. The first-order valence-corrected chi connectivity index (χ1v) is 5.85. The lowest BCUT2D eigenvalue weighted by Gasteiger charge is -2.19. The monoisotopic (exact) mass is 253 g/mol. The van der Waals surface area contributed by atoms with Crippen LogP contribution in [0.2, 0.25) is 0 Å². The zero-order valence-corrected chi connectivity index (χ0v) is 10.2. The molecule has 1 aromatic carbocycles. The van der Waals surface area contributed by atoms with Crippen molar-refractivity contribution in [3.8, 4) is 5.75 Å². The van der Waals surface area contributed by atoms with Crippen LogP contribution in [0.5, 0.6) is 5.75 Å². The molecule has 5 heteroatoms. The Labute approximate surface area is 105 Å². The highest BCUT2D eigenvalue weighted by molar-refractivity contribution is 5.78. The molecule has 1 saturated heterocycles. The van der Waals surface area contributed by atoms with Gasteiger partial charge in [-0.3, -0.25) is 4.79 Å². The van der Waals surface area contributed by atoms with Crippen LogP contribution in [0.1, 0.15) is 13.3 Å². The third kappa shape index (κ3) is 2.98. The quantitative estimate of drug-likeness (QED) is 0.880. The molecule has 1 unspecified atom stereocenters. The van der Waals surface area contributed by atoms with Crippen LogP contribution in [0, 0.1) is 5.82 Å². The lowest BCUT2D eigenvalue weighted by Crippen LogP contribution is -2.36. The van der Waals surface area contributed by atoms with Crippen molar-refractivity contribution in [1.82, 2.24) is 4.90 Å². The van der Waals surface area contributed by atoms with Crippen LogP contribution in [0.3, 0.4) is 0 Å². The van der Waals surface area contributed by atoms with Crippen LogP contribution in [0.25, 0.3) is 0 Å². The number of carbonyl (C=O) groups excluding carboxylic acids is 1. The van der Waals surface area contributed by atoms with Crippen molar-refractivity contribution in [3.63, 3.8) is 0 Å². The Morgan fingerprint density at radius 2 is 2.28 bits per heavy atom. The van der Waals surface area contributed by atoms with Crippen LogP contribution in [-0.2, 0) is 4.79 Å². The molecule has 0 spiro atoms. The number of para-hydroxylation sites is 1. The molecule has 1 aromatic rings. The maximum Gasteiger partial charge on any atom is 0.260 e. The van der Waals surface area contributed by atoms with Crippen molar-refractivity contribution in [2.45, 2.75) is 18.9 Å². The van der Waals surface area contributed by atoms with Gasteiger partial charge in [-0.05, 0) is 25.5 Å². The molecule has 0 aromatic heterocycles. The third-order valence-electron chi connectivity index (χ3n) is 2.99. The highest BCUT2D eigenvalue weighted by Crippen LogP contribution is 2.21. The number of aliphatic hydroxyl groups is 1. The van der Waals surface area contributed by atoms with Gasteiger partial charge in [0, 0.05) is 13.1 Å². The molecule has 1 aliphatic rings. The smallest absolute Gasteiger partial charge is 0.260 e. The van der Waals surface area contributed by atoms with Gasteiger partial charge in [-0.1, -0.05) is 12.1 Å². The minimum absolute atomic E-state index is 0.0665. The van der Waals surface area contributed by atoms with E-state index in [-0.39, 0.29) is 18.3 Å². The molecule has 2 rings (SSSR count). The Bertz CT molecular complexity index is 448. The maximum atomic E-state index is 13.3. The molecule has 1 atom stereocenters. The second-order valence-electron chi connectivity index (χ2n) is 4.78. The van der Waals surface area contributed by atoms with Gasteiger partial charge in [-0.15, -0.1) is 0 Å². The summed E-state index contributed by atoms with van der Waals surface area (Å²) in [5.41, 5.74) is -0.826. The van der Waals surface area contributed by atoms with E-state index < -0.39 is 11.4 Å². The van der Waals surface area contributed by atoms with E-state index in [9.17, 15) is 14.3 Å². The molecule has 1 amide bonds. The van der Waals surface area contributed by atoms with Gasteiger partial charge in [-0.25, -0.2) is 4.39 Å². The molecule has 0 bridgehead atoms. The van der Waals surface area contributed by atoms with Crippen molar-refractivity contribution in [1.29, 1.82) is 0 Å². The first-order valence-electron chi connectivity index (χ1n) is 5.85. The number of nitrogens with zero attached hydrogens (tertiary/aromatic N) is 1. The zero-order chi connectivity index (χ0) is 13.2. The van der Waals surface area contributed by atoms with E-state index >= 15 is 0 Å². The number of amides is 1. The molecular formula is C13H16FNO3. The van der Waals surface area contributed by atoms with E-state index in [0.29, 0.717) is 19.5 Å². The minimum atomic E-state index is -0.826. The number of rotatable bonds is 3. The van der Waals surface area contributed by atoms with Gasteiger partial charge in [-0.2, -0.15) is 0 Å². The van der Waals surface area contributed by atoms with Crippen molar-refractivity contribution in [2.75, 3.05) is 19.7 Å². The largest absolute Gasteiger partial charge is 0.481 e. The summed E-state index contributed by atoms with van der Waals surface area (Å²) < 4.78 is 18.4. The number of likely N-dealkylation sites (tertiary alicyclic amines) is 1. The van der Waals surface area contributed by atoms with Gasteiger partial charge >= 0.3 is 0 Å². The molecule has 0 aliphatic carbocycles. The first-order chi connectivity index (χ1) is 8.48. The number of β-amino-alcohol motifs (C(OH)–C–C–N with tert-alkyl or cyclic N) is 1. The Morgan fingerprint density at radius 1 is 1.56 bits per heavy atom. The standard InChI is InChI=1S/C13H16FNO3/c1-13(17)6-7-15(9-13)12(16)8-18-11-5-3-2-4-10(11)14/h2-5,17H,6-9H2,1H3. The summed E-state index contributed by atoms with van der Waals surface area (Å²) in [5.74, 6) is -0.661. The lowest BCUT2D eigenvalue weighted by atomic mass is 10.1. The molecule has 1 heterocycles. The van der Waals surface area contributed by atoms with Crippen molar-refractivity contribution in [3.05, 3.63) is 30.1 Å². The fraction of sp³-hybridized carbons (Fsp3) is 0.462. The van der Waals surface area contributed by atoms with E-state index in [2.05, 4.69) is 0 Å². The second-order valence-corrected chi connectivity index (χ2v) is 4.78. The zero-order valence-electron chi connectivity index (χ0n) is 10.2. The molecule has 1 fully saturated rings. The van der Waals surface area contributed by atoms with Gasteiger partial charge in [0.15, 0.2) is 18.2 Å².